The topological polar surface area (TPSA) is 70.2 Å². The van der Waals surface area contributed by atoms with Crippen LogP contribution in [0.15, 0.2) is 59.5 Å². The summed E-state index contributed by atoms with van der Waals surface area (Å²) in [5, 5.41) is 0. The fourth-order valence-corrected chi connectivity index (χ4v) is 5.24. The van der Waals surface area contributed by atoms with Crippen LogP contribution in [-0.4, -0.2) is 76.0 Å². The van der Waals surface area contributed by atoms with Crippen molar-refractivity contribution in [1.82, 2.24) is 9.21 Å². The summed E-state index contributed by atoms with van der Waals surface area (Å²) in [6, 6.07) is 13.1. The van der Waals surface area contributed by atoms with Crippen molar-refractivity contribution in [3.05, 3.63) is 66.0 Å². The molecule has 0 N–H and O–H groups in total. The molecule has 0 unspecified atom stereocenters. The van der Waals surface area contributed by atoms with E-state index >= 15 is 0 Å². The number of hydrogen-bond donors (Lipinski definition) is 0. The van der Waals surface area contributed by atoms with Gasteiger partial charge in [0.05, 0.1) is 23.8 Å². The van der Waals surface area contributed by atoms with Crippen LogP contribution in [0.5, 0.6) is 0 Å². The third kappa shape index (κ3) is 5.01. The maximum absolute atomic E-state index is 14.0. The van der Waals surface area contributed by atoms with E-state index < -0.39 is 10.0 Å². The molecule has 9 heteroatoms. The molecular weight excluding hydrogens is 433 g/mol. The molecule has 0 radical (unpaired) electrons. The van der Waals surface area contributed by atoms with E-state index in [9.17, 15) is 17.6 Å². The number of piperazine rings is 1. The minimum atomic E-state index is -3.54. The lowest BCUT2D eigenvalue weighted by molar-refractivity contribution is -0.126. The second-order valence-electron chi connectivity index (χ2n) is 7.68. The number of carbonyl (C=O) groups excluding carboxylic acids is 1. The third-order valence-electron chi connectivity index (χ3n) is 5.69. The predicted molar refractivity (Wildman–Crippen MR) is 120 cm³/mol. The van der Waals surface area contributed by atoms with E-state index in [1.54, 1.807) is 53.4 Å². The number of halogens is 1. The summed E-state index contributed by atoms with van der Waals surface area (Å²) >= 11 is 0. The molecule has 0 saturated carbocycles. The van der Waals surface area contributed by atoms with Gasteiger partial charge >= 0.3 is 0 Å². The summed E-state index contributed by atoms with van der Waals surface area (Å²) in [6.45, 7) is 3.64. The molecule has 2 fully saturated rings. The number of rotatable bonds is 5. The first-order valence-corrected chi connectivity index (χ1v) is 12.0. The summed E-state index contributed by atoms with van der Waals surface area (Å²) < 4.78 is 46.0. The van der Waals surface area contributed by atoms with E-state index in [4.69, 9.17) is 4.74 Å². The highest BCUT2D eigenvalue weighted by molar-refractivity contribution is 7.89. The lowest BCUT2D eigenvalue weighted by atomic mass is 10.2. The van der Waals surface area contributed by atoms with E-state index in [2.05, 4.69) is 0 Å². The van der Waals surface area contributed by atoms with Crippen LogP contribution in [-0.2, 0) is 19.6 Å². The molecule has 170 valence electrons. The van der Waals surface area contributed by atoms with Gasteiger partial charge in [-0.3, -0.25) is 4.79 Å². The first-order valence-electron chi connectivity index (χ1n) is 10.6. The van der Waals surface area contributed by atoms with Crippen molar-refractivity contribution in [2.24, 2.45) is 0 Å². The predicted octanol–water partition coefficient (Wildman–Crippen LogP) is 2.21. The number of hydrogen-bond acceptors (Lipinski definition) is 5. The summed E-state index contributed by atoms with van der Waals surface area (Å²) in [4.78, 5) is 16.4. The number of nitrogens with zero attached hydrogens (tertiary/aromatic N) is 3. The Balaban J connectivity index is 1.33. The van der Waals surface area contributed by atoms with Crippen LogP contribution < -0.4 is 4.90 Å². The average molecular weight is 460 g/mol. The molecule has 4 rings (SSSR count). The van der Waals surface area contributed by atoms with Crippen LogP contribution >= 0.6 is 0 Å². The van der Waals surface area contributed by atoms with Gasteiger partial charge in [-0.2, -0.15) is 4.31 Å². The summed E-state index contributed by atoms with van der Waals surface area (Å²) in [5.41, 5.74) is 1.30. The summed E-state index contributed by atoms with van der Waals surface area (Å²) in [6.07, 6.45) is 3.17. The van der Waals surface area contributed by atoms with Gasteiger partial charge in [-0.15, -0.1) is 0 Å². The molecule has 0 bridgehead atoms. The molecule has 7 nitrogen and oxygen atoms in total. The van der Waals surface area contributed by atoms with Gasteiger partial charge in [-0.1, -0.05) is 24.3 Å². The Kier molecular flexibility index (Phi) is 6.88. The SMILES string of the molecule is O=C(C=Cc1ccc(S(=O)(=O)N2CCOCC2)cc1)N1CCN(c2ccccc2F)CC1. The fraction of sp³-hybridized carbons (Fsp3) is 0.348. The molecule has 0 aliphatic carbocycles. The molecule has 1 amide bonds. The van der Waals surface area contributed by atoms with Crippen molar-refractivity contribution in [3.8, 4) is 0 Å². The molecule has 2 aliphatic rings. The van der Waals surface area contributed by atoms with E-state index in [0.29, 0.717) is 58.2 Å². The maximum Gasteiger partial charge on any atom is 0.246 e. The maximum atomic E-state index is 14.0. The quantitative estimate of drug-likeness (QED) is 0.642. The van der Waals surface area contributed by atoms with Crippen molar-refractivity contribution in [1.29, 1.82) is 0 Å². The number of ether oxygens (including phenoxy) is 1. The molecule has 2 heterocycles. The van der Waals surface area contributed by atoms with Gasteiger partial charge < -0.3 is 14.5 Å². The molecule has 0 atom stereocenters. The van der Waals surface area contributed by atoms with Gasteiger partial charge in [0.2, 0.25) is 15.9 Å². The van der Waals surface area contributed by atoms with E-state index in [1.165, 1.54) is 16.4 Å². The number of anilines is 1. The van der Waals surface area contributed by atoms with Crippen LogP contribution in [0.2, 0.25) is 0 Å². The summed E-state index contributed by atoms with van der Waals surface area (Å²) in [7, 11) is -3.54. The molecule has 32 heavy (non-hydrogen) atoms. The monoisotopic (exact) mass is 459 g/mol. The Morgan fingerprint density at radius 2 is 1.56 bits per heavy atom. The van der Waals surface area contributed by atoms with Gasteiger partial charge in [-0.05, 0) is 35.9 Å². The highest BCUT2D eigenvalue weighted by Gasteiger charge is 2.26. The van der Waals surface area contributed by atoms with Crippen molar-refractivity contribution < 1.29 is 22.3 Å². The number of sulfonamides is 1. The Bertz CT molecular complexity index is 1070. The number of para-hydroxylation sites is 1. The van der Waals surface area contributed by atoms with Crippen LogP contribution in [0.4, 0.5) is 10.1 Å². The molecule has 2 aliphatic heterocycles. The molecular formula is C23H26FN3O4S. The largest absolute Gasteiger partial charge is 0.379 e. The zero-order valence-electron chi connectivity index (χ0n) is 17.7. The van der Waals surface area contributed by atoms with Gasteiger partial charge in [0.25, 0.3) is 0 Å². The fourth-order valence-electron chi connectivity index (χ4n) is 3.84. The van der Waals surface area contributed by atoms with Gasteiger partial charge in [-0.25, -0.2) is 12.8 Å². The first-order chi connectivity index (χ1) is 15.4. The molecule has 2 aromatic rings. The number of amides is 1. The zero-order valence-corrected chi connectivity index (χ0v) is 18.5. The van der Waals surface area contributed by atoms with Gasteiger partial charge in [0.1, 0.15) is 5.82 Å². The van der Waals surface area contributed by atoms with Crippen LogP contribution in [0.3, 0.4) is 0 Å². The lowest BCUT2D eigenvalue weighted by Crippen LogP contribution is -2.48. The van der Waals surface area contributed by atoms with Crippen LogP contribution in [0, 0.1) is 5.82 Å². The second-order valence-corrected chi connectivity index (χ2v) is 9.62. The van der Waals surface area contributed by atoms with Crippen LogP contribution in [0.25, 0.3) is 6.08 Å². The van der Waals surface area contributed by atoms with E-state index in [0.717, 1.165) is 5.56 Å². The average Bonchev–Trinajstić information content (AvgIpc) is 2.84. The Hall–Kier alpha value is -2.75. The molecule has 0 spiro atoms. The lowest BCUT2D eigenvalue weighted by Gasteiger charge is -2.35. The van der Waals surface area contributed by atoms with Crippen molar-refractivity contribution in [3.63, 3.8) is 0 Å². The normalized spacial score (nSPS) is 18.3. The smallest absolute Gasteiger partial charge is 0.246 e. The van der Waals surface area contributed by atoms with Crippen molar-refractivity contribution in [2.75, 3.05) is 57.4 Å². The summed E-state index contributed by atoms with van der Waals surface area (Å²) in [5.74, 6) is -0.380. The molecule has 2 aromatic carbocycles. The van der Waals surface area contributed by atoms with Gasteiger partial charge in [0, 0.05) is 45.3 Å². The number of benzene rings is 2. The zero-order chi connectivity index (χ0) is 22.6. The van der Waals surface area contributed by atoms with E-state index in [1.807, 2.05) is 4.90 Å². The number of morpholine rings is 1. The second kappa shape index (κ2) is 9.81. The third-order valence-corrected chi connectivity index (χ3v) is 7.60. The van der Waals surface area contributed by atoms with E-state index in [-0.39, 0.29) is 16.6 Å². The first kappa shape index (κ1) is 22.4. The Morgan fingerprint density at radius 3 is 2.22 bits per heavy atom. The Morgan fingerprint density at radius 1 is 0.906 bits per heavy atom. The van der Waals surface area contributed by atoms with Crippen LogP contribution in [0.1, 0.15) is 5.56 Å². The standard InChI is InChI=1S/C23H26FN3O4S/c24-21-3-1-2-4-22(21)25-11-13-26(14-12-25)23(28)10-7-19-5-8-20(9-6-19)32(29,30)27-15-17-31-18-16-27/h1-10H,11-18H2. The molecule has 0 aromatic heterocycles. The van der Waals surface area contributed by atoms with Crippen molar-refractivity contribution in [2.45, 2.75) is 4.90 Å². The molecule has 2 saturated heterocycles. The minimum Gasteiger partial charge on any atom is -0.379 e. The minimum absolute atomic E-state index is 0.122. The van der Waals surface area contributed by atoms with Gasteiger partial charge in [0.15, 0.2) is 0 Å². The number of carbonyl (C=O) groups is 1. The highest BCUT2D eigenvalue weighted by Crippen LogP contribution is 2.21. The Labute approximate surface area is 187 Å². The van der Waals surface area contributed by atoms with Crippen molar-refractivity contribution >= 4 is 27.7 Å². The highest BCUT2D eigenvalue weighted by atomic mass is 32.2.